The van der Waals surface area contributed by atoms with Crippen molar-refractivity contribution >= 4 is 5.97 Å². The third-order valence-corrected chi connectivity index (χ3v) is 2.24. The molecule has 0 spiro atoms. The van der Waals surface area contributed by atoms with E-state index < -0.39 is 12.0 Å². The van der Waals surface area contributed by atoms with Crippen molar-refractivity contribution in [3.63, 3.8) is 0 Å². The first-order valence-corrected chi connectivity index (χ1v) is 4.77. The highest BCUT2D eigenvalue weighted by Gasteiger charge is 2.17. The monoisotopic (exact) mass is 217 g/mol. The number of aliphatic carboxylic acids is 1. The molecule has 2 rings (SSSR count). The van der Waals surface area contributed by atoms with Gasteiger partial charge in [0, 0.05) is 0 Å². The third kappa shape index (κ3) is 1.94. The largest absolute Gasteiger partial charge is 0.480 e. The van der Waals surface area contributed by atoms with Gasteiger partial charge in [0.25, 0.3) is 0 Å². The zero-order chi connectivity index (χ0) is 11.5. The Hall–Kier alpha value is -2.14. The highest BCUT2D eigenvalue weighted by molar-refractivity contribution is 5.74. The molecule has 2 aromatic rings. The average molecular weight is 217 g/mol. The Morgan fingerprint density at radius 3 is 2.69 bits per heavy atom. The van der Waals surface area contributed by atoms with Gasteiger partial charge in [-0.3, -0.25) is 4.79 Å². The first kappa shape index (κ1) is 10.4. The molecule has 1 aromatic heterocycles. The number of benzene rings is 1. The molecule has 0 aliphatic heterocycles. The molecule has 0 amide bonds. The van der Waals surface area contributed by atoms with Crippen LogP contribution in [0.1, 0.15) is 11.9 Å². The van der Waals surface area contributed by atoms with E-state index >= 15 is 0 Å². The molecule has 0 aliphatic carbocycles. The molecular formula is C11H11N3O2. The number of hydrogen-bond acceptors (Lipinski definition) is 3. The molecule has 82 valence electrons. The van der Waals surface area contributed by atoms with Crippen molar-refractivity contribution in [1.29, 1.82) is 0 Å². The van der Waals surface area contributed by atoms with E-state index in [4.69, 9.17) is 10.8 Å². The molecule has 1 unspecified atom stereocenters. The molecule has 16 heavy (non-hydrogen) atoms. The summed E-state index contributed by atoms with van der Waals surface area (Å²) in [7, 11) is 0. The Morgan fingerprint density at radius 1 is 1.38 bits per heavy atom. The van der Waals surface area contributed by atoms with Crippen LogP contribution >= 0.6 is 0 Å². The lowest BCUT2D eigenvalue weighted by Gasteiger charge is -2.01. The normalized spacial score (nSPS) is 12.3. The van der Waals surface area contributed by atoms with Crippen LogP contribution in [0.2, 0.25) is 0 Å². The molecule has 1 aromatic carbocycles. The van der Waals surface area contributed by atoms with Gasteiger partial charge in [0.05, 0.1) is 11.9 Å². The maximum Gasteiger partial charge on any atom is 0.328 e. The van der Waals surface area contributed by atoms with Crippen LogP contribution < -0.4 is 5.73 Å². The molecule has 0 radical (unpaired) electrons. The Kier molecular flexibility index (Phi) is 2.70. The summed E-state index contributed by atoms with van der Waals surface area (Å²) in [5.74, 6) is -0.847. The summed E-state index contributed by atoms with van der Waals surface area (Å²) in [5.41, 5.74) is 7.14. The number of carbonyl (C=O) groups is 1. The molecule has 0 bridgehead atoms. The highest BCUT2D eigenvalue weighted by Crippen LogP contribution is 2.17. The maximum atomic E-state index is 10.7. The molecular weight excluding hydrogens is 206 g/mol. The minimum atomic E-state index is -1.11. The van der Waals surface area contributed by atoms with Crippen LogP contribution in [0.3, 0.4) is 0 Å². The zero-order valence-electron chi connectivity index (χ0n) is 8.42. The molecule has 0 saturated heterocycles. The van der Waals surface area contributed by atoms with Gasteiger partial charge in [0.1, 0.15) is 5.82 Å². The number of rotatable bonds is 3. The predicted octanol–water partition coefficient (Wildman–Crippen LogP) is 1.16. The van der Waals surface area contributed by atoms with E-state index in [-0.39, 0.29) is 5.82 Å². The van der Waals surface area contributed by atoms with Gasteiger partial charge in [0.2, 0.25) is 0 Å². The van der Waals surface area contributed by atoms with Gasteiger partial charge in [-0.1, -0.05) is 30.3 Å². The lowest BCUT2D eigenvalue weighted by molar-refractivity contribution is -0.138. The molecule has 1 heterocycles. The smallest absolute Gasteiger partial charge is 0.328 e. The van der Waals surface area contributed by atoms with Crippen LogP contribution in [0.5, 0.6) is 0 Å². The first-order chi connectivity index (χ1) is 7.68. The van der Waals surface area contributed by atoms with E-state index in [9.17, 15) is 4.79 Å². The summed E-state index contributed by atoms with van der Waals surface area (Å²) in [6.45, 7) is 0. The number of nitrogens with one attached hydrogen (secondary N) is 1. The first-order valence-electron chi connectivity index (χ1n) is 4.77. The Balaban J connectivity index is 2.30. The number of nitrogens with zero attached hydrogens (tertiary/aromatic N) is 1. The average Bonchev–Trinajstić information content (AvgIpc) is 2.78. The standard InChI is InChI=1S/C11H11N3O2/c12-9(11(15)16)10-13-6-8(14-10)7-4-2-1-3-5-7/h1-6,9H,12H2,(H,13,14)(H,15,16). The predicted molar refractivity (Wildman–Crippen MR) is 58.6 cm³/mol. The minimum absolute atomic E-state index is 0.256. The van der Waals surface area contributed by atoms with Gasteiger partial charge < -0.3 is 15.8 Å². The number of nitrogens with two attached hydrogens (primary N) is 1. The number of imidazole rings is 1. The maximum absolute atomic E-state index is 10.7. The summed E-state index contributed by atoms with van der Waals surface area (Å²) in [5, 5.41) is 8.73. The molecule has 0 fully saturated rings. The third-order valence-electron chi connectivity index (χ3n) is 2.24. The van der Waals surface area contributed by atoms with Gasteiger partial charge in [-0.2, -0.15) is 0 Å². The number of hydrogen-bond donors (Lipinski definition) is 3. The fourth-order valence-corrected chi connectivity index (χ4v) is 1.38. The Labute approximate surface area is 91.9 Å². The van der Waals surface area contributed by atoms with E-state index in [0.29, 0.717) is 0 Å². The van der Waals surface area contributed by atoms with Crippen LogP contribution in [0, 0.1) is 0 Å². The summed E-state index contributed by atoms with van der Waals surface area (Å²) < 4.78 is 0. The van der Waals surface area contributed by atoms with Crippen molar-refractivity contribution in [2.45, 2.75) is 6.04 Å². The number of H-pyrrole nitrogens is 1. The summed E-state index contributed by atoms with van der Waals surface area (Å²) in [6.07, 6.45) is 1.58. The lowest BCUT2D eigenvalue weighted by Crippen LogP contribution is -2.21. The summed E-state index contributed by atoms with van der Waals surface area (Å²) >= 11 is 0. The number of aromatic amines is 1. The molecule has 0 saturated carbocycles. The topological polar surface area (TPSA) is 92.0 Å². The van der Waals surface area contributed by atoms with Gasteiger partial charge in [-0.25, -0.2) is 4.98 Å². The lowest BCUT2D eigenvalue weighted by atomic mass is 10.2. The fraction of sp³-hybridized carbons (Fsp3) is 0.0909. The zero-order valence-corrected chi connectivity index (χ0v) is 8.42. The number of carboxylic acid groups (broad SMARTS) is 1. The second kappa shape index (κ2) is 4.16. The van der Waals surface area contributed by atoms with Crippen LogP contribution in [0.4, 0.5) is 0 Å². The molecule has 5 nitrogen and oxygen atoms in total. The van der Waals surface area contributed by atoms with Crippen LogP contribution in [0.15, 0.2) is 36.5 Å². The number of carboxylic acids is 1. The van der Waals surface area contributed by atoms with Crippen molar-refractivity contribution < 1.29 is 9.90 Å². The van der Waals surface area contributed by atoms with Crippen molar-refractivity contribution in [2.75, 3.05) is 0 Å². The van der Waals surface area contributed by atoms with Crippen molar-refractivity contribution in [1.82, 2.24) is 9.97 Å². The molecule has 1 atom stereocenters. The van der Waals surface area contributed by atoms with Gasteiger partial charge in [0.15, 0.2) is 6.04 Å². The van der Waals surface area contributed by atoms with E-state index in [1.807, 2.05) is 30.3 Å². The minimum Gasteiger partial charge on any atom is -0.480 e. The van der Waals surface area contributed by atoms with Crippen molar-refractivity contribution in [2.24, 2.45) is 5.73 Å². The second-order valence-corrected chi connectivity index (χ2v) is 3.36. The van der Waals surface area contributed by atoms with E-state index in [2.05, 4.69) is 9.97 Å². The van der Waals surface area contributed by atoms with Crippen molar-refractivity contribution in [3.8, 4) is 11.3 Å². The van der Waals surface area contributed by atoms with Crippen LogP contribution in [-0.2, 0) is 4.79 Å². The summed E-state index contributed by atoms with van der Waals surface area (Å²) in [4.78, 5) is 17.5. The van der Waals surface area contributed by atoms with Crippen LogP contribution in [-0.4, -0.2) is 21.0 Å². The van der Waals surface area contributed by atoms with Gasteiger partial charge >= 0.3 is 5.97 Å². The highest BCUT2D eigenvalue weighted by atomic mass is 16.4. The second-order valence-electron chi connectivity index (χ2n) is 3.36. The Morgan fingerprint density at radius 2 is 2.06 bits per heavy atom. The number of aromatic nitrogens is 2. The van der Waals surface area contributed by atoms with Crippen LogP contribution in [0.25, 0.3) is 11.3 Å². The summed E-state index contributed by atoms with van der Waals surface area (Å²) in [6, 6.07) is 8.40. The van der Waals surface area contributed by atoms with Crippen molar-refractivity contribution in [3.05, 3.63) is 42.4 Å². The van der Waals surface area contributed by atoms with Gasteiger partial charge in [-0.05, 0) is 5.56 Å². The van der Waals surface area contributed by atoms with E-state index in [0.717, 1.165) is 11.3 Å². The Bertz CT molecular complexity index is 493. The fourth-order valence-electron chi connectivity index (χ4n) is 1.38. The van der Waals surface area contributed by atoms with Gasteiger partial charge in [-0.15, -0.1) is 0 Å². The molecule has 0 aliphatic rings. The molecule has 4 N–H and O–H groups in total. The molecule has 5 heteroatoms. The SMILES string of the molecule is NC(C(=O)O)c1ncc(-c2ccccc2)[nH]1. The van der Waals surface area contributed by atoms with E-state index in [1.54, 1.807) is 6.20 Å². The quantitative estimate of drug-likeness (QED) is 0.719. The van der Waals surface area contributed by atoms with E-state index in [1.165, 1.54) is 0 Å².